The van der Waals surface area contributed by atoms with Crippen molar-refractivity contribution in [1.82, 2.24) is 4.90 Å². The highest BCUT2D eigenvalue weighted by atomic mass is 16.5. The molecule has 1 N–H and O–H groups in total. The number of carbonyl (C=O) groups is 2. The Morgan fingerprint density at radius 1 is 1.09 bits per heavy atom. The molecule has 7 heteroatoms. The highest BCUT2D eigenvalue weighted by molar-refractivity contribution is 6.46. The van der Waals surface area contributed by atoms with Crippen LogP contribution in [-0.2, 0) is 20.9 Å². The first-order valence-electron chi connectivity index (χ1n) is 11.1. The van der Waals surface area contributed by atoms with E-state index in [9.17, 15) is 14.7 Å². The molecule has 1 aromatic heterocycles. The van der Waals surface area contributed by atoms with Crippen molar-refractivity contribution in [2.75, 3.05) is 20.3 Å². The molecular weight excluding hydrogens is 434 g/mol. The third-order valence-electron chi connectivity index (χ3n) is 5.72. The van der Waals surface area contributed by atoms with Crippen LogP contribution in [0.4, 0.5) is 0 Å². The van der Waals surface area contributed by atoms with Crippen molar-refractivity contribution in [3.8, 4) is 5.75 Å². The summed E-state index contributed by atoms with van der Waals surface area (Å²) in [6.45, 7) is 3.18. The molecule has 176 valence electrons. The maximum absolute atomic E-state index is 12.9. The number of aryl methyl sites for hydroxylation is 1. The van der Waals surface area contributed by atoms with Crippen molar-refractivity contribution in [2.45, 2.75) is 26.0 Å². The van der Waals surface area contributed by atoms with Gasteiger partial charge in [0.05, 0.1) is 11.8 Å². The second kappa shape index (κ2) is 10.4. The Balaban J connectivity index is 1.59. The van der Waals surface area contributed by atoms with E-state index in [2.05, 4.69) is 6.07 Å². The lowest BCUT2D eigenvalue weighted by molar-refractivity contribution is -0.140. The molecule has 3 aromatic rings. The molecule has 1 unspecified atom stereocenters. The smallest absolute Gasteiger partial charge is 0.295 e. The molecule has 0 radical (unpaired) electrons. The number of hydrogen-bond donors (Lipinski definition) is 1. The minimum Gasteiger partial charge on any atom is -0.507 e. The molecule has 7 nitrogen and oxygen atoms in total. The van der Waals surface area contributed by atoms with Crippen LogP contribution in [0.5, 0.6) is 5.75 Å². The number of rotatable bonds is 9. The van der Waals surface area contributed by atoms with E-state index >= 15 is 0 Å². The Bertz CT molecular complexity index is 1180. The molecule has 1 fully saturated rings. The minimum absolute atomic E-state index is 0.00537. The molecule has 2 heterocycles. The highest BCUT2D eigenvalue weighted by Gasteiger charge is 2.47. The average molecular weight is 462 g/mol. The number of aliphatic hydroxyl groups is 1. The number of furan rings is 1. The third-order valence-corrected chi connectivity index (χ3v) is 5.72. The van der Waals surface area contributed by atoms with Crippen LogP contribution in [0.2, 0.25) is 0 Å². The molecule has 1 saturated heterocycles. The molecule has 4 rings (SSSR count). The van der Waals surface area contributed by atoms with Crippen LogP contribution in [0.3, 0.4) is 0 Å². The topological polar surface area (TPSA) is 89.2 Å². The van der Waals surface area contributed by atoms with E-state index in [1.807, 2.05) is 25.1 Å². The molecule has 0 bridgehead atoms. The van der Waals surface area contributed by atoms with Crippen LogP contribution in [0.15, 0.2) is 76.9 Å². The van der Waals surface area contributed by atoms with Gasteiger partial charge in [-0.2, -0.15) is 0 Å². The van der Waals surface area contributed by atoms with Crippen molar-refractivity contribution >= 4 is 17.4 Å². The molecule has 0 saturated carbocycles. The number of carbonyl (C=O) groups excluding carboxylic acids is 2. The summed E-state index contributed by atoms with van der Waals surface area (Å²) in [4.78, 5) is 27.1. The second-order valence-corrected chi connectivity index (χ2v) is 8.16. The zero-order chi connectivity index (χ0) is 24.1. The van der Waals surface area contributed by atoms with Crippen molar-refractivity contribution in [2.24, 2.45) is 0 Å². The van der Waals surface area contributed by atoms with Crippen LogP contribution in [0.1, 0.15) is 34.9 Å². The van der Waals surface area contributed by atoms with Crippen LogP contribution >= 0.6 is 0 Å². The summed E-state index contributed by atoms with van der Waals surface area (Å²) in [7, 11) is 1.58. The summed E-state index contributed by atoms with van der Waals surface area (Å²) in [6, 6.07) is 17.4. The van der Waals surface area contributed by atoms with Gasteiger partial charge in [0.25, 0.3) is 11.7 Å². The standard InChI is InChI=1S/C27H27NO6/c1-18-6-3-7-19(16-18)17-34-21-11-9-20(10-12-21)25(29)23-24(22-8-4-15-33-22)28(13-5-14-32-2)27(31)26(23)30/h3-4,6-12,15-16,24,29H,5,13-14,17H2,1-2H3. The van der Waals surface area contributed by atoms with Gasteiger partial charge in [-0.3, -0.25) is 9.59 Å². The Labute approximate surface area is 198 Å². The zero-order valence-corrected chi connectivity index (χ0v) is 19.2. The normalized spacial score (nSPS) is 17.4. The third kappa shape index (κ3) is 4.89. The van der Waals surface area contributed by atoms with Gasteiger partial charge in [0.2, 0.25) is 0 Å². The number of likely N-dealkylation sites (tertiary alicyclic amines) is 1. The van der Waals surface area contributed by atoms with E-state index in [1.165, 1.54) is 11.2 Å². The Hall–Kier alpha value is -3.84. The second-order valence-electron chi connectivity index (χ2n) is 8.16. The van der Waals surface area contributed by atoms with Gasteiger partial charge in [0.1, 0.15) is 29.9 Å². The van der Waals surface area contributed by atoms with E-state index in [0.29, 0.717) is 43.3 Å². The highest BCUT2D eigenvalue weighted by Crippen LogP contribution is 2.39. The Morgan fingerprint density at radius 2 is 1.88 bits per heavy atom. The van der Waals surface area contributed by atoms with E-state index < -0.39 is 17.7 Å². The van der Waals surface area contributed by atoms with E-state index in [1.54, 1.807) is 43.5 Å². The van der Waals surface area contributed by atoms with Crippen molar-refractivity contribution in [3.63, 3.8) is 0 Å². The number of ether oxygens (including phenoxy) is 2. The summed E-state index contributed by atoms with van der Waals surface area (Å²) in [5.41, 5.74) is 2.63. The Morgan fingerprint density at radius 3 is 2.56 bits per heavy atom. The number of benzene rings is 2. The van der Waals surface area contributed by atoms with Crippen LogP contribution < -0.4 is 4.74 Å². The molecule has 34 heavy (non-hydrogen) atoms. The summed E-state index contributed by atoms with van der Waals surface area (Å²) < 4.78 is 16.4. The molecule has 1 aliphatic rings. The first-order valence-corrected chi connectivity index (χ1v) is 11.1. The fourth-order valence-corrected chi connectivity index (χ4v) is 4.07. The fourth-order valence-electron chi connectivity index (χ4n) is 4.07. The number of amides is 1. The lowest BCUT2D eigenvalue weighted by Gasteiger charge is -2.23. The molecule has 0 aliphatic carbocycles. The quantitative estimate of drug-likeness (QED) is 0.216. The van der Waals surface area contributed by atoms with Gasteiger partial charge < -0.3 is 23.9 Å². The van der Waals surface area contributed by atoms with Gasteiger partial charge in [-0.1, -0.05) is 29.8 Å². The molecule has 1 amide bonds. The van der Waals surface area contributed by atoms with Gasteiger partial charge in [0, 0.05) is 25.8 Å². The average Bonchev–Trinajstić information content (AvgIpc) is 3.45. The van der Waals surface area contributed by atoms with Crippen LogP contribution in [0, 0.1) is 6.92 Å². The van der Waals surface area contributed by atoms with Gasteiger partial charge in [0.15, 0.2) is 0 Å². The summed E-state index contributed by atoms with van der Waals surface area (Å²) in [5.74, 6) is -0.621. The van der Waals surface area contributed by atoms with E-state index in [-0.39, 0.29) is 11.3 Å². The summed E-state index contributed by atoms with van der Waals surface area (Å²) in [5, 5.41) is 11.1. The number of methoxy groups -OCH3 is 1. The van der Waals surface area contributed by atoms with Gasteiger partial charge in [-0.25, -0.2) is 0 Å². The number of aliphatic hydroxyl groups excluding tert-OH is 1. The largest absolute Gasteiger partial charge is 0.507 e. The van der Waals surface area contributed by atoms with Gasteiger partial charge in [-0.05, 0) is 55.3 Å². The molecule has 1 aliphatic heterocycles. The monoisotopic (exact) mass is 461 g/mol. The molecular formula is C27H27NO6. The van der Waals surface area contributed by atoms with Crippen molar-refractivity contribution in [3.05, 3.63) is 95.0 Å². The van der Waals surface area contributed by atoms with Crippen LogP contribution in [0.25, 0.3) is 5.76 Å². The molecule has 0 spiro atoms. The predicted octanol–water partition coefficient (Wildman–Crippen LogP) is 4.63. The maximum Gasteiger partial charge on any atom is 0.295 e. The zero-order valence-electron chi connectivity index (χ0n) is 19.2. The number of hydrogen-bond acceptors (Lipinski definition) is 6. The first-order chi connectivity index (χ1) is 16.5. The Kier molecular flexibility index (Phi) is 7.13. The first kappa shape index (κ1) is 23.3. The summed E-state index contributed by atoms with van der Waals surface area (Å²) >= 11 is 0. The van der Waals surface area contributed by atoms with Crippen molar-refractivity contribution in [1.29, 1.82) is 0 Å². The SMILES string of the molecule is COCCCN1C(=O)C(=O)C(=C(O)c2ccc(OCc3cccc(C)c3)cc2)C1c1ccco1. The van der Waals surface area contributed by atoms with E-state index in [4.69, 9.17) is 13.9 Å². The number of nitrogens with zero attached hydrogens (tertiary/aromatic N) is 1. The maximum atomic E-state index is 12.9. The van der Waals surface area contributed by atoms with Crippen LogP contribution in [-0.4, -0.2) is 42.0 Å². The number of ketones is 1. The lowest BCUT2D eigenvalue weighted by atomic mass is 9.99. The van der Waals surface area contributed by atoms with Gasteiger partial charge in [-0.15, -0.1) is 0 Å². The van der Waals surface area contributed by atoms with Crippen molar-refractivity contribution < 1.29 is 28.6 Å². The fraction of sp³-hybridized carbons (Fsp3) is 0.259. The minimum atomic E-state index is -0.802. The molecule has 2 aromatic carbocycles. The van der Waals surface area contributed by atoms with Gasteiger partial charge >= 0.3 is 0 Å². The number of Topliss-reactive ketones (excluding diaryl/α,β-unsaturated/α-hetero) is 1. The van der Waals surface area contributed by atoms with E-state index in [0.717, 1.165) is 11.1 Å². The predicted molar refractivity (Wildman–Crippen MR) is 126 cm³/mol. The molecule has 1 atom stereocenters. The summed E-state index contributed by atoms with van der Waals surface area (Å²) in [6.07, 6.45) is 2.03. The lowest BCUT2D eigenvalue weighted by Crippen LogP contribution is -2.31.